The van der Waals surface area contributed by atoms with Gasteiger partial charge in [0.1, 0.15) is 6.61 Å². The molecule has 1 aliphatic rings. The van der Waals surface area contributed by atoms with Gasteiger partial charge in [0.15, 0.2) is 0 Å². The second-order valence-corrected chi connectivity index (χ2v) is 4.33. The van der Waals surface area contributed by atoms with Crippen molar-refractivity contribution < 1.29 is 9.53 Å². The van der Waals surface area contributed by atoms with E-state index in [0.29, 0.717) is 18.4 Å². The van der Waals surface area contributed by atoms with E-state index in [9.17, 15) is 4.79 Å². The molecule has 0 saturated heterocycles. The standard InChI is InChI=1S/C11H19ClO2/c1-2-3-4-5-9-8-10(9)11(13)14-7-6-12/h9-10H,2-8H2,1H3/t9-,10-/m0/s1. The van der Waals surface area contributed by atoms with E-state index in [4.69, 9.17) is 16.3 Å². The molecule has 0 aromatic heterocycles. The molecule has 0 aromatic carbocycles. The normalized spacial score (nSPS) is 24.7. The van der Waals surface area contributed by atoms with Crippen LogP contribution in [0, 0.1) is 11.8 Å². The molecular weight excluding hydrogens is 200 g/mol. The molecule has 0 radical (unpaired) electrons. The van der Waals surface area contributed by atoms with E-state index in [1.807, 2.05) is 0 Å². The summed E-state index contributed by atoms with van der Waals surface area (Å²) >= 11 is 5.43. The van der Waals surface area contributed by atoms with Crippen LogP contribution in [0.3, 0.4) is 0 Å². The minimum atomic E-state index is -0.0350. The molecule has 3 heteroatoms. The molecule has 82 valence electrons. The fourth-order valence-corrected chi connectivity index (χ4v) is 1.84. The highest BCUT2D eigenvalue weighted by atomic mass is 35.5. The molecule has 1 fully saturated rings. The number of esters is 1. The van der Waals surface area contributed by atoms with Crippen LogP contribution in [0.15, 0.2) is 0 Å². The van der Waals surface area contributed by atoms with Gasteiger partial charge in [-0.3, -0.25) is 4.79 Å². The maximum Gasteiger partial charge on any atom is 0.309 e. The van der Waals surface area contributed by atoms with Gasteiger partial charge in [-0.1, -0.05) is 26.2 Å². The summed E-state index contributed by atoms with van der Waals surface area (Å²) in [6.07, 6.45) is 5.99. The average Bonchev–Trinajstić information content (AvgIpc) is 2.94. The van der Waals surface area contributed by atoms with Gasteiger partial charge >= 0.3 is 5.97 Å². The molecule has 0 bridgehead atoms. The fourth-order valence-electron chi connectivity index (χ4n) is 1.76. The molecular formula is C11H19ClO2. The summed E-state index contributed by atoms with van der Waals surface area (Å²) in [7, 11) is 0. The van der Waals surface area contributed by atoms with Crippen molar-refractivity contribution in [3.63, 3.8) is 0 Å². The van der Waals surface area contributed by atoms with E-state index >= 15 is 0 Å². The van der Waals surface area contributed by atoms with Crippen molar-refractivity contribution in [2.75, 3.05) is 12.5 Å². The molecule has 1 aliphatic carbocycles. The van der Waals surface area contributed by atoms with Crippen molar-refractivity contribution in [1.29, 1.82) is 0 Å². The third kappa shape index (κ3) is 3.87. The van der Waals surface area contributed by atoms with Gasteiger partial charge < -0.3 is 4.74 Å². The molecule has 0 aliphatic heterocycles. The Balaban J connectivity index is 2.03. The summed E-state index contributed by atoms with van der Waals surface area (Å²) < 4.78 is 4.98. The number of hydrogen-bond donors (Lipinski definition) is 0. The molecule has 2 atom stereocenters. The molecule has 0 spiro atoms. The Hall–Kier alpha value is -0.240. The van der Waals surface area contributed by atoms with Crippen LogP contribution in [0.25, 0.3) is 0 Å². The van der Waals surface area contributed by atoms with Crippen molar-refractivity contribution in [2.45, 2.75) is 39.0 Å². The smallest absolute Gasteiger partial charge is 0.309 e. The highest BCUT2D eigenvalue weighted by Gasteiger charge is 2.43. The van der Waals surface area contributed by atoms with Crippen LogP contribution in [-0.2, 0) is 9.53 Å². The van der Waals surface area contributed by atoms with Gasteiger partial charge in [0.2, 0.25) is 0 Å². The highest BCUT2D eigenvalue weighted by Crippen LogP contribution is 2.43. The summed E-state index contributed by atoms with van der Waals surface area (Å²) in [5.41, 5.74) is 0. The Morgan fingerprint density at radius 2 is 2.29 bits per heavy atom. The quantitative estimate of drug-likeness (QED) is 0.373. The van der Waals surface area contributed by atoms with E-state index in [1.54, 1.807) is 0 Å². The summed E-state index contributed by atoms with van der Waals surface area (Å²) in [5.74, 6) is 1.16. The number of alkyl halides is 1. The van der Waals surface area contributed by atoms with Gasteiger partial charge in [0.05, 0.1) is 11.8 Å². The van der Waals surface area contributed by atoms with Crippen molar-refractivity contribution in [3.8, 4) is 0 Å². The summed E-state index contributed by atoms with van der Waals surface area (Å²) in [6, 6.07) is 0. The zero-order valence-electron chi connectivity index (χ0n) is 8.80. The van der Waals surface area contributed by atoms with Gasteiger partial charge in [-0.05, 0) is 18.8 Å². The molecule has 0 unspecified atom stereocenters. The molecule has 1 saturated carbocycles. The Bertz CT molecular complexity index is 182. The SMILES string of the molecule is CCCCC[C@H]1C[C@@H]1C(=O)OCCCl. The number of unbranched alkanes of at least 4 members (excludes halogenated alkanes) is 2. The van der Waals surface area contributed by atoms with Gasteiger partial charge in [-0.2, -0.15) is 0 Å². The zero-order valence-corrected chi connectivity index (χ0v) is 9.55. The first kappa shape index (κ1) is 11.8. The van der Waals surface area contributed by atoms with Crippen molar-refractivity contribution in [1.82, 2.24) is 0 Å². The topological polar surface area (TPSA) is 26.3 Å². The molecule has 0 amide bonds. The Morgan fingerprint density at radius 1 is 1.50 bits per heavy atom. The first-order chi connectivity index (χ1) is 6.79. The molecule has 0 aromatic rings. The first-order valence-corrected chi connectivity index (χ1v) is 6.05. The van der Waals surface area contributed by atoms with Crippen LogP contribution < -0.4 is 0 Å². The minimum Gasteiger partial charge on any atom is -0.464 e. The van der Waals surface area contributed by atoms with E-state index in [0.717, 1.165) is 6.42 Å². The Labute approximate surface area is 91.0 Å². The number of ether oxygens (including phenoxy) is 1. The zero-order chi connectivity index (χ0) is 10.4. The largest absolute Gasteiger partial charge is 0.464 e. The molecule has 0 heterocycles. The average molecular weight is 219 g/mol. The predicted molar refractivity (Wildman–Crippen MR) is 57.4 cm³/mol. The third-order valence-corrected chi connectivity index (χ3v) is 2.88. The molecule has 2 nitrogen and oxygen atoms in total. The van der Waals surface area contributed by atoms with Crippen LogP contribution in [0.1, 0.15) is 39.0 Å². The number of carbonyl (C=O) groups excluding carboxylic acids is 1. The van der Waals surface area contributed by atoms with Crippen LogP contribution >= 0.6 is 11.6 Å². The van der Waals surface area contributed by atoms with Gasteiger partial charge in [-0.25, -0.2) is 0 Å². The molecule has 14 heavy (non-hydrogen) atoms. The molecule has 0 N–H and O–H groups in total. The predicted octanol–water partition coefficient (Wildman–Crippen LogP) is 2.98. The van der Waals surface area contributed by atoms with Crippen molar-refractivity contribution >= 4 is 17.6 Å². The lowest BCUT2D eigenvalue weighted by atomic mass is 10.1. The van der Waals surface area contributed by atoms with Crippen molar-refractivity contribution in [2.24, 2.45) is 11.8 Å². The Morgan fingerprint density at radius 3 is 2.93 bits per heavy atom. The summed E-state index contributed by atoms with van der Waals surface area (Å²) in [4.78, 5) is 11.3. The summed E-state index contributed by atoms with van der Waals surface area (Å²) in [6.45, 7) is 2.55. The summed E-state index contributed by atoms with van der Waals surface area (Å²) in [5, 5.41) is 0. The van der Waals surface area contributed by atoms with Crippen molar-refractivity contribution in [3.05, 3.63) is 0 Å². The van der Waals surface area contributed by atoms with E-state index in [1.165, 1.54) is 25.7 Å². The lowest BCUT2D eigenvalue weighted by Crippen LogP contribution is -2.09. The van der Waals surface area contributed by atoms with Crippen LogP contribution in [-0.4, -0.2) is 18.5 Å². The minimum absolute atomic E-state index is 0.0350. The van der Waals surface area contributed by atoms with E-state index in [2.05, 4.69) is 6.92 Å². The van der Waals surface area contributed by atoms with Crippen LogP contribution in [0.5, 0.6) is 0 Å². The van der Waals surface area contributed by atoms with E-state index in [-0.39, 0.29) is 11.9 Å². The van der Waals surface area contributed by atoms with Crippen LogP contribution in [0.4, 0.5) is 0 Å². The van der Waals surface area contributed by atoms with Gasteiger partial charge in [-0.15, -0.1) is 11.6 Å². The molecule has 1 rings (SSSR count). The third-order valence-electron chi connectivity index (χ3n) is 2.73. The second-order valence-electron chi connectivity index (χ2n) is 3.95. The maximum absolute atomic E-state index is 11.3. The Kier molecular flexibility index (Phi) is 5.31. The first-order valence-electron chi connectivity index (χ1n) is 5.52. The number of carbonyl (C=O) groups is 1. The van der Waals surface area contributed by atoms with Crippen LogP contribution in [0.2, 0.25) is 0 Å². The number of halogens is 1. The van der Waals surface area contributed by atoms with E-state index < -0.39 is 0 Å². The lowest BCUT2D eigenvalue weighted by molar-refractivity contribution is -0.144. The number of rotatable bonds is 7. The maximum atomic E-state index is 11.3. The van der Waals surface area contributed by atoms with Gasteiger partial charge in [0, 0.05) is 0 Å². The number of hydrogen-bond acceptors (Lipinski definition) is 2. The lowest BCUT2D eigenvalue weighted by Gasteiger charge is -2.01. The van der Waals surface area contributed by atoms with Gasteiger partial charge in [0.25, 0.3) is 0 Å². The second kappa shape index (κ2) is 6.28. The highest BCUT2D eigenvalue weighted by molar-refractivity contribution is 6.18. The fraction of sp³-hybridized carbons (Fsp3) is 0.909. The monoisotopic (exact) mass is 218 g/mol.